The van der Waals surface area contributed by atoms with Crippen LogP contribution >= 0.6 is 22.0 Å². The number of ether oxygens (including phenoxy) is 2. The van der Waals surface area contributed by atoms with Gasteiger partial charge in [0.1, 0.15) is 0 Å². The molecule has 190 valence electrons. The van der Waals surface area contributed by atoms with Crippen molar-refractivity contribution in [2.45, 2.75) is 49.4 Å². The topological polar surface area (TPSA) is 236 Å². The third kappa shape index (κ3) is 5.51. The molecule has 0 aliphatic carbocycles. The average molecular weight is 565 g/mol. The number of hydrogen-bond donors (Lipinski definition) is 2. The normalized spacial score (nSPS) is 25.8. The maximum Gasteiger partial charge on any atom is 0.306 e. The summed E-state index contributed by atoms with van der Waals surface area (Å²) in [5, 5.41) is -5.06. The molecule has 16 nitrogen and oxygen atoms in total. The minimum atomic E-state index is -5.26. The van der Waals surface area contributed by atoms with Crippen LogP contribution in [0.3, 0.4) is 0 Å². The van der Waals surface area contributed by atoms with E-state index in [1.807, 2.05) is 0 Å². The number of amides is 4. The van der Waals surface area contributed by atoms with E-state index in [4.69, 9.17) is 0 Å². The van der Waals surface area contributed by atoms with Gasteiger partial charge in [-0.25, -0.2) is 8.61 Å². The van der Waals surface area contributed by atoms with Crippen LogP contribution < -0.4 is 0 Å². The van der Waals surface area contributed by atoms with Crippen LogP contribution in [0.2, 0.25) is 0 Å². The van der Waals surface area contributed by atoms with E-state index in [1.165, 1.54) is 13.8 Å². The Morgan fingerprint density at radius 2 is 1.03 bits per heavy atom. The molecular formula is C14H16N2O14S4. The largest absolute Gasteiger partial charge is 0.450 e. The van der Waals surface area contributed by atoms with Gasteiger partial charge in [0.2, 0.25) is 22.7 Å². The molecule has 0 aromatic rings. The highest BCUT2D eigenvalue weighted by Crippen LogP contribution is 2.40. The zero-order chi connectivity index (χ0) is 26.2. The summed E-state index contributed by atoms with van der Waals surface area (Å²) >= 11 is 0. The summed E-state index contributed by atoms with van der Waals surface area (Å²) in [5.74, 6) is -8.21. The summed E-state index contributed by atoms with van der Waals surface area (Å²) in [6, 6.07) is 0. The zero-order valence-electron chi connectivity index (χ0n) is 17.0. The van der Waals surface area contributed by atoms with Crippen molar-refractivity contribution in [1.82, 2.24) is 8.61 Å². The molecule has 4 amide bonds. The van der Waals surface area contributed by atoms with E-state index < -0.39 is 78.5 Å². The molecule has 0 radical (unpaired) electrons. The lowest BCUT2D eigenvalue weighted by Crippen LogP contribution is -2.39. The summed E-state index contributed by atoms with van der Waals surface area (Å²) < 4.78 is 74.4. The van der Waals surface area contributed by atoms with Crippen LogP contribution in [0.4, 0.5) is 0 Å². The van der Waals surface area contributed by atoms with Crippen molar-refractivity contribution in [3.8, 4) is 0 Å². The summed E-state index contributed by atoms with van der Waals surface area (Å²) in [6.45, 7) is 2.60. The van der Waals surface area contributed by atoms with Gasteiger partial charge >= 0.3 is 11.9 Å². The summed E-state index contributed by atoms with van der Waals surface area (Å²) in [5.41, 5.74) is 0. The van der Waals surface area contributed by atoms with Gasteiger partial charge in [-0.2, -0.15) is 16.8 Å². The lowest BCUT2D eigenvalue weighted by molar-refractivity contribution is -0.154. The summed E-state index contributed by atoms with van der Waals surface area (Å²) in [6.07, 6.45) is -5.17. The van der Waals surface area contributed by atoms with Gasteiger partial charge in [-0.3, -0.25) is 37.9 Å². The van der Waals surface area contributed by atoms with Crippen molar-refractivity contribution in [1.29, 1.82) is 0 Å². The molecule has 34 heavy (non-hydrogen) atoms. The van der Waals surface area contributed by atoms with Gasteiger partial charge in [-0.1, -0.05) is 13.8 Å². The van der Waals surface area contributed by atoms with E-state index in [0.29, 0.717) is 0 Å². The quantitative estimate of drug-likeness (QED) is 0.102. The average Bonchev–Trinajstić information content (AvgIpc) is 3.09. The maximum absolute atomic E-state index is 12.5. The van der Waals surface area contributed by atoms with Crippen LogP contribution in [0.5, 0.6) is 0 Å². The van der Waals surface area contributed by atoms with Gasteiger partial charge < -0.3 is 9.47 Å². The minimum absolute atomic E-state index is 0.0460. The van der Waals surface area contributed by atoms with Crippen molar-refractivity contribution >= 4 is 77.8 Å². The first-order chi connectivity index (χ1) is 15.6. The Morgan fingerprint density at radius 3 is 1.26 bits per heavy atom. The first kappa shape index (κ1) is 28.0. The second-order valence-corrected chi connectivity index (χ2v) is 11.5. The van der Waals surface area contributed by atoms with Crippen LogP contribution in [-0.2, 0) is 58.5 Å². The van der Waals surface area contributed by atoms with Gasteiger partial charge in [0.05, 0.1) is 22.0 Å². The van der Waals surface area contributed by atoms with Crippen molar-refractivity contribution < 1.29 is 64.2 Å². The number of imide groups is 2. The second kappa shape index (κ2) is 10.2. The van der Waals surface area contributed by atoms with Crippen LogP contribution in [0.25, 0.3) is 0 Å². The Hall–Kier alpha value is -2.26. The Labute approximate surface area is 199 Å². The van der Waals surface area contributed by atoms with Crippen molar-refractivity contribution in [2.24, 2.45) is 0 Å². The molecule has 0 bridgehead atoms. The van der Waals surface area contributed by atoms with E-state index in [9.17, 15) is 54.7 Å². The molecule has 0 saturated carbocycles. The molecule has 4 unspecified atom stereocenters. The highest BCUT2D eigenvalue weighted by Gasteiger charge is 2.60. The maximum atomic E-state index is 12.5. The van der Waals surface area contributed by atoms with E-state index in [2.05, 4.69) is 9.47 Å². The molecule has 0 aromatic carbocycles. The number of esters is 2. The van der Waals surface area contributed by atoms with Gasteiger partial charge in [0.25, 0.3) is 43.9 Å². The molecule has 0 spiro atoms. The highest BCUT2D eigenvalue weighted by molar-refractivity contribution is 8.75. The first-order valence-corrected chi connectivity index (χ1v) is 14.0. The molecule has 2 fully saturated rings. The van der Waals surface area contributed by atoms with Crippen molar-refractivity contribution in [3.63, 3.8) is 0 Å². The van der Waals surface area contributed by atoms with Crippen molar-refractivity contribution in [3.05, 3.63) is 0 Å². The van der Waals surface area contributed by atoms with E-state index in [0.717, 1.165) is 0 Å². The van der Waals surface area contributed by atoms with Crippen LogP contribution in [0, 0.1) is 0 Å². The molecule has 20 heteroatoms. The van der Waals surface area contributed by atoms with E-state index in [1.54, 1.807) is 0 Å². The Morgan fingerprint density at radius 1 is 0.735 bits per heavy atom. The summed E-state index contributed by atoms with van der Waals surface area (Å²) in [4.78, 5) is 72.9. The van der Waals surface area contributed by atoms with Crippen molar-refractivity contribution in [2.75, 3.05) is 0 Å². The highest BCUT2D eigenvalue weighted by atomic mass is 33.1. The van der Waals surface area contributed by atoms with Gasteiger partial charge in [0, 0.05) is 12.8 Å². The smallest absolute Gasteiger partial charge is 0.306 e. The van der Waals surface area contributed by atoms with Crippen LogP contribution in [0.15, 0.2) is 0 Å². The van der Waals surface area contributed by atoms with Crippen LogP contribution in [0.1, 0.15) is 26.7 Å². The van der Waals surface area contributed by atoms with E-state index in [-0.39, 0.29) is 43.4 Å². The first-order valence-electron chi connectivity index (χ1n) is 8.98. The zero-order valence-corrected chi connectivity index (χ0v) is 20.3. The fraction of sp³-hybridized carbons (Fsp3) is 0.571. The second-order valence-electron chi connectivity index (χ2n) is 6.49. The van der Waals surface area contributed by atoms with Gasteiger partial charge in [-0.05, 0) is 0 Å². The molecular weight excluding hydrogens is 548 g/mol. The molecule has 2 aliphatic rings. The Balaban J connectivity index is 2.30. The number of carbonyl (C=O) groups is 6. The number of rotatable bonds is 9. The molecule has 2 aliphatic heterocycles. The van der Waals surface area contributed by atoms with E-state index >= 15 is 0 Å². The molecule has 2 saturated heterocycles. The molecule has 0 aromatic heterocycles. The third-order valence-electron chi connectivity index (χ3n) is 4.24. The SMILES string of the molecule is CCC(=O)OC1C(=O)N(SSN2C(=O)C(OC(=O)CC)C(S(=O)(=O)O)C2=O)C(=O)C1S(=O)(=O)O. The monoisotopic (exact) mass is 564 g/mol. The number of nitrogens with zero attached hydrogens (tertiary/aromatic N) is 2. The molecule has 2 heterocycles. The predicted octanol–water partition coefficient (Wildman–Crippen LogP) is -1.91. The predicted molar refractivity (Wildman–Crippen MR) is 110 cm³/mol. The summed E-state index contributed by atoms with van der Waals surface area (Å²) in [7, 11) is -10.6. The lowest BCUT2D eigenvalue weighted by Gasteiger charge is -2.16. The number of hydrogen-bond acceptors (Lipinski definition) is 14. The van der Waals surface area contributed by atoms with Gasteiger partial charge in [0.15, 0.2) is 0 Å². The molecule has 2 rings (SSSR count). The number of carbonyl (C=O) groups excluding carboxylic acids is 6. The third-order valence-corrected chi connectivity index (χ3v) is 8.60. The molecule has 4 atom stereocenters. The fourth-order valence-electron chi connectivity index (χ4n) is 2.65. The lowest BCUT2D eigenvalue weighted by atomic mass is 10.3. The Kier molecular flexibility index (Phi) is 8.36. The Bertz CT molecular complexity index is 1060. The standard InChI is InChI=1S/C14H16N2O14S4/c1-3-5(17)29-7-9(33(23,24)25)13(21)15(11(7)19)31-32-16-12(20)8(30-6(18)4-2)10(14(16)22)34(26,27)28/h7-10H,3-4H2,1-2H3,(H,23,24,25)(H,26,27,28). The van der Waals surface area contributed by atoms with Crippen LogP contribution in [-0.4, -0.2) is 92.8 Å². The van der Waals surface area contributed by atoms with Gasteiger partial charge in [-0.15, -0.1) is 0 Å². The molecule has 2 N–H and O–H groups in total. The minimum Gasteiger partial charge on any atom is -0.450 e. The fourth-order valence-corrected chi connectivity index (χ4v) is 6.62.